The fourth-order valence-corrected chi connectivity index (χ4v) is 1.69. The highest BCUT2D eigenvalue weighted by atomic mass is 19.4. The fraction of sp³-hybridized carbons (Fsp3) is 0.455. The second-order valence-corrected chi connectivity index (χ2v) is 4.23. The second-order valence-electron chi connectivity index (χ2n) is 4.23. The van der Waals surface area contributed by atoms with Crippen LogP contribution in [-0.2, 0) is 6.18 Å². The molecule has 106 valence electrons. The van der Waals surface area contributed by atoms with Crippen molar-refractivity contribution < 1.29 is 13.2 Å². The predicted molar refractivity (Wildman–Crippen MR) is 64.0 cm³/mol. The van der Waals surface area contributed by atoms with Gasteiger partial charge in [-0.25, -0.2) is 4.98 Å². The molecule has 0 spiro atoms. The number of hydrogen-bond donors (Lipinski definition) is 0. The van der Waals surface area contributed by atoms with Crippen molar-refractivity contribution in [3.05, 3.63) is 17.6 Å². The Labute approximate surface area is 112 Å². The van der Waals surface area contributed by atoms with Crippen molar-refractivity contribution in [3.63, 3.8) is 0 Å². The average molecular weight is 284 g/mol. The normalized spacial score (nSPS) is 11.6. The Bertz CT molecular complexity index is 669. The average Bonchev–Trinajstić information content (AvgIpc) is 2.78. The van der Waals surface area contributed by atoms with Crippen molar-refractivity contribution in [2.24, 2.45) is 0 Å². The first-order chi connectivity index (χ1) is 9.32. The number of halogens is 3. The van der Waals surface area contributed by atoms with Crippen LogP contribution < -0.4 is 4.90 Å². The van der Waals surface area contributed by atoms with Gasteiger partial charge in [-0.05, 0) is 6.92 Å². The molecule has 0 radical (unpaired) electrons. The second kappa shape index (κ2) is 4.96. The number of rotatable bonds is 3. The Balaban J connectivity index is 2.54. The number of aromatic nitrogens is 4. The van der Waals surface area contributed by atoms with Crippen LogP contribution in [0.25, 0.3) is 5.78 Å². The summed E-state index contributed by atoms with van der Waals surface area (Å²) in [6, 6.07) is 3.57. The van der Waals surface area contributed by atoms with E-state index in [9.17, 15) is 13.2 Å². The highest BCUT2D eigenvalue weighted by Crippen LogP contribution is 2.27. The summed E-state index contributed by atoms with van der Waals surface area (Å²) in [6.45, 7) is 2.03. The molecule has 2 heterocycles. The van der Waals surface area contributed by atoms with Gasteiger partial charge in [0.15, 0.2) is 0 Å². The zero-order chi connectivity index (χ0) is 14.9. The largest absolute Gasteiger partial charge is 0.453 e. The van der Waals surface area contributed by atoms with E-state index in [0.29, 0.717) is 18.1 Å². The minimum atomic E-state index is -4.62. The molecular formula is C11H11F3N6. The molecule has 9 heteroatoms. The number of nitriles is 1. The number of fused-ring (bicyclic) bond motifs is 1. The van der Waals surface area contributed by atoms with E-state index in [1.54, 1.807) is 24.9 Å². The Morgan fingerprint density at radius 2 is 2.10 bits per heavy atom. The van der Waals surface area contributed by atoms with Gasteiger partial charge in [-0.1, -0.05) is 0 Å². The van der Waals surface area contributed by atoms with Gasteiger partial charge in [0.2, 0.25) is 0 Å². The van der Waals surface area contributed by atoms with Crippen LogP contribution in [0, 0.1) is 18.3 Å². The Kier molecular flexibility index (Phi) is 3.48. The van der Waals surface area contributed by atoms with Crippen molar-refractivity contribution in [3.8, 4) is 6.07 Å². The van der Waals surface area contributed by atoms with Crippen molar-refractivity contribution in [2.45, 2.75) is 19.5 Å². The van der Waals surface area contributed by atoms with Gasteiger partial charge in [-0.2, -0.15) is 27.9 Å². The van der Waals surface area contributed by atoms with E-state index in [2.05, 4.69) is 15.1 Å². The van der Waals surface area contributed by atoms with E-state index in [-0.39, 0.29) is 12.2 Å². The van der Waals surface area contributed by atoms with E-state index < -0.39 is 12.0 Å². The maximum absolute atomic E-state index is 12.6. The molecule has 0 saturated heterocycles. The molecule has 0 fully saturated rings. The number of nitrogens with zero attached hydrogens (tertiary/aromatic N) is 6. The van der Waals surface area contributed by atoms with Crippen LogP contribution in [0.2, 0.25) is 0 Å². The quantitative estimate of drug-likeness (QED) is 0.859. The third kappa shape index (κ3) is 2.64. The van der Waals surface area contributed by atoms with E-state index >= 15 is 0 Å². The molecule has 2 aromatic rings. The van der Waals surface area contributed by atoms with Gasteiger partial charge in [0.1, 0.15) is 5.82 Å². The molecule has 0 saturated carbocycles. The summed E-state index contributed by atoms with van der Waals surface area (Å²) in [5.74, 6) is -0.938. The van der Waals surface area contributed by atoms with Crippen LogP contribution >= 0.6 is 0 Å². The minimum Gasteiger partial charge on any atom is -0.358 e. The van der Waals surface area contributed by atoms with Crippen molar-refractivity contribution in [1.29, 1.82) is 5.26 Å². The van der Waals surface area contributed by atoms with Crippen molar-refractivity contribution in [2.75, 3.05) is 18.5 Å². The lowest BCUT2D eigenvalue weighted by molar-refractivity contribution is -0.144. The zero-order valence-electron chi connectivity index (χ0n) is 10.8. The summed E-state index contributed by atoms with van der Waals surface area (Å²) in [7, 11) is 1.67. The molecule has 0 aliphatic carbocycles. The van der Waals surface area contributed by atoms with Crippen molar-refractivity contribution >= 4 is 11.6 Å². The van der Waals surface area contributed by atoms with Crippen LogP contribution in [0.4, 0.5) is 19.0 Å². The van der Waals surface area contributed by atoms with Crippen LogP contribution in [0.5, 0.6) is 0 Å². The molecule has 0 amide bonds. The summed E-state index contributed by atoms with van der Waals surface area (Å²) in [5, 5.41) is 12.0. The summed E-state index contributed by atoms with van der Waals surface area (Å²) in [6.07, 6.45) is -4.37. The topological polar surface area (TPSA) is 70.1 Å². The summed E-state index contributed by atoms with van der Waals surface area (Å²) in [4.78, 5) is 8.96. The predicted octanol–water partition coefficient (Wildman–Crippen LogP) is 1.80. The smallest absolute Gasteiger partial charge is 0.358 e. The summed E-state index contributed by atoms with van der Waals surface area (Å²) in [5.41, 5.74) is 0.525. The third-order valence-corrected chi connectivity index (χ3v) is 2.63. The number of aryl methyl sites for hydroxylation is 1. The first kappa shape index (κ1) is 14.0. The Morgan fingerprint density at radius 1 is 1.40 bits per heavy atom. The van der Waals surface area contributed by atoms with E-state index in [4.69, 9.17) is 5.26 Å². The van der Waals surface area contributed by atoms with Gasteiger partial charge in [-0.15, -0.1) is 5.10 Å². The van der Waals surface area contributed by atoms with E-state index in [1.165, 1.54) is 0 Å². The van der Waals surface area contributed by atoms with Gasteiger partial charge in [0.25, 0.3) is 11.6 Å². The number of alkyl halides is 3. The molecule has 0 bridgehead atoms. The lowest BCUT2D eigenvalue weighted by Gasteiger charge is -2.18. The lowest BCUT2D eigenvalue weighted by Crippen LogP contribution is -2.22. The molecule has 6 nitrogen and oxygen atoms in total. The van der Waals surface area contributed by atoms with Gasteiger partial charge in [-0.3, -0.25) is 0 Å². The SMILES string of the molecule is Cc1cc(N(C)CCC#N)n2nc(C(F)(F)F)nc2n1. The zero-order valence-corrected chi connectivity index (χ0v) is 10.8. The molecule has 2 rings (SSSR count). The molecule has 20 heavy (non-hydrogen) atoms. The fourth-order valence-electron chi connectivity index (χ4n) is 1.69. The molecule has 2 aromatic heterocycles. The molecule has 0 aromatic carbocycles. The maximum Gasteiger partial charge on any atom is 0.453 e. The molecule has 0 atom stereocenters. The molecular weight excluding hydrogens is 273 g/mol. The summed E-state index contributed by atoms with van der Waals surface area (Å²) < 4.78 is 39.0. The van der Waals surface area contributed by atoms with Gasteiger partial charge in [0, 0.05) is 25.4 Å². The first-order valence-corrected chi connectivity index (χ1v) is 5.72. The van der Waals surface area contributed by atoms with Crippen LogP contribution in [-0.4, -0.2) is 33.2 Å². The summed E-state index contributed by atoms with van der Waals surface area (Å²) >= 11 is 0. The van der Waals surface area contributed by atoms with Gasteiger partial charge >= 0.3 is 6.18 Å². The highest BCUT2D eigenvalue weighted by molar-refractivity contribution is 5.47. The highest BCUT2D eigenvalue weighted by Gasteiger charge is 2.37. The van der Waals surface area contributed by atoms with Crippen LogP contribution in [0.1, 0.15) is 17.9 Å². The molecule has 0 aliphatic rings. The number of hydrogen-bond acceptors (Lipinski definition) is 5. The Hall–Kier alpha value is -2.37. The molecule has 0 N–H and O–H groups in total. The van der Waals surface area contributed by atoms with Gasteiger partial charge < -0.3 is 4.90 Å². The van der Waals surface area contributed by atoms with E-state index in [0.717, 1.165) is 4.52 Å². The van der Waals surface area contributed by atoms with E-state index in [1.807, 2.05) is 6.07 Å². The maximum atomic E-state index is 12.6. The third-order valence-electron chi connectivity index (χ3n) is 2.63. The van der Waals surface area contributed by atoms with Crippen molar-refractivity contribution in [1.82, 2.24) is 19.6 Å². The van der Waals surface area contributed by atoms with Crippen LogP contribution in [0.3, 0.4) is 0 Å². The molecule has 0 aliphatic heterocycles. The number of anilines is 1. The van der Waals surface area contributed by atoms with Crippen LogP contribution in [0.15, 0.2) is 6.07 Å². The monoisotopic (exact) mass is 284 g/mol. The first-order valence-electron chi connectivity index (χ1n) is 5.72. The van der Waals surface area contributed by atoms with Gasteiger partial charge in [0.05, 0.1) is 12.5 Å². The minimum absolute atomic E-state index is 0.115. The lowest BCUT2D eigenvalue weighted by atomic mass is 10.3. The molecule has 0 unspecified atom stereocenters. The standard InChI is InChI=1S/C11H11F3N6/c1-7-6-8(19(2)5-3-4-15)20-10(16-7)17-9(18-20)11(12,13)14/h6H,3,5H2,1-2H3. The Morgan fingerprint density at radius 3 is 2.70 bits per heavy atom.